The molecule has 0 amide bonds. The van der Waals surface area contributed by atoms with Gasteiger partial charge in [0.15, 0.2) is 0 Å². The second-order valence-corrected chi connectivity index (χ2v) is 8.84. The van der Waals surface area contributed by atoms with Crippen LogP contribution in [-0.4, -0.2) is 52.0 Å². The van der Waals surface area contributed by atoms with Crippen molar-refractivity contribution in [3.8, 4) is 11.3 Å². The number of ether oxygens (including phenoxy) is 1. The van der Waals surface area contributed by atoms with Gasteiger partial charge in [-0.05, 0) is 44.4 Å². The zero-order valence-corrected chi connectivity index (χ0v) is 17.6. The fourth-order valence-corrected chi connectivity index (χ4v) is 4.98. The molecule has 1 unspecified atom stereocenters. The van der Waals surface area contributed by atoms with E-state index < -0.39 is 17.6 Å². The van der Waals surface area contributed by atoms with E-state index in [-0.39, 0.29) is 6.04 Å². The SMILES string of the molecule is CC(C)n1nc(-c2cnc(N)c(C(F)(F)F)c2)cc1C1=C2CC(N3CCOCC3)C[C@H]21. The molecule has 1 aliphatic heterocycles. The van der Waals surface area contributed by atoms with Crippen molar-refractivity contribution >= 4 is 11.4 Å². The number of nitrogen functional groups attached to an aromatic ring is 1. The topological polar surface area (TPSA) is 69.2 Å². The lowest BCUT2D eigenvalue weighted by molar-refractivity contribution is -0.137. The standard InChI is InChI=1S/C22H26F3N5O/c1-12(2)30-19(20-15-8-14(9-16(15)20)29-3-5-31-6-4-29)10-18(28-30)13-7-17(22(23,24)25)21(26)27-11-13/h7,10-12,14-15H,3-6,8-9H2,1-2H3,(H2,26,27)/t14?,15-/m1/s1. The van der Waals surface area contributed by atoms with Crippen molar-refractivity contribution in [3.05, 3.63) is 35.2 Å². The smallest absolute Gasteiger partial charge is 0.383 e. The van der Waals surface area contributed by atoms with Crippen LogP contribution in [0.4, 0.5) is 19.0 Å². The van der Waals surface area contributed by atoms with Gasteiger partial charge in [0.25, 0.3) is 0 Å². The Morgan fingerprint density at radius 3 is 2.55 bits per heavy atom. The molecule has 3 aliphatic rings. The number of hydrogen-bond acceptors (Lipinski definition) is 5. The van der Waals surface area contributed by atoms with Crippen LogP contribution in [0.25, 0.3) is 16.8 Å². The molecule has 6 nitrogen and oxygen atoms in total. The predicted molar refractivity (Wildman–Crippen MR) is 111 cm³/mol. The van der Waals surface area contributed by atoms with Gasteiger partial charge >= 0.3 is 6.18 Å². The summed E-state index contributed by atoms with van der Waals surface area (Å²) < 4.78 is 47.2. The minimum absolute atomic E-state index is 0.0945. The largest absolute Gasteiger partial charge is 0.419 e. The second kappa shape index (κ2) is 7.34. The van der Waals surface area contributed by atoms with Gasteiger partial charge in [0.2, 0.25) is 0 Å². The number of anilines is 1. The number of nitrogens with two attached hydrogens (primary N) is 1. The van der Waals surface area contributed by atoms with E-state index in [2.05, 4.69) is 15.0 Å². The van der Waals surface area contributed by atoms with Crippen LogP contribution in [0, 0.1) is 5.92 Å². The molecule has 2 fully saturated rings. The van der Waals surface area contributed by atoms with Gasteiger partial charge in [-0.15, -0.1) is 0 Å². The minimum atomic E-state index is -4.55. The van der Waals surface area contributed by atoms with E-state index in [0.29, 0.717) is 23.2 Å². The molecule has 1 saturated carbocycles. The summed E-state index contributed by atoms with van der Waals surface area (Å²) in [5.41, 5.74) is 9.14. The van der Waals surface area contributed by atoms with Crippen LogP contribution in [0.3, 0.4) is 0 Å². The fraction of sp³-hybridized carbons (Fsp3) is 0.545. The highest BCUT2D eigenvalue weighted by atomic mass is 19.4. The van der Waals surface area contributed by atoms with Crippen LogP contribution in [0.15, 0.2) is 23.9 Å². The summed E-state index contributed by atoms with van der Waals surface area (Å²) >= 11 is 0. The van der Waals surface area contributed by atoms with Crippen molar-refractivity contribution in [1.82, 2.24) is 19.7 Å². The molecule has 0 radical (unpaired) electrons. The number of hydrogen-bond donors (Lipinski definition) is 1. The molecule has 2 aromatic rings. The molecule has 2 atom stereocenters. The zero-order valence-electron chi connectivity index (χ0n) is 17.6. The van der Waals surface area contributed by atoms with E-state index in [1.165, 1.54) is 17.3 Å². The molecule has 0 spiro atoms. The number of halogens is 3. The van der Waals surface area contributed by atoms with Crippen molar-refractivity contribution in [3.63, 3.8) is 0 Å². The Balaban J connectivity index is 1.44. The Morgan fingerprint density at radius 2 is 1.94 bits per heavy atom. The van der Waals surface area contributed by atoms with Crippen molar-refractivity contribution in [2.45, 2.75) is 44.9 Å². The first-order valence-corrected chi connectivity index (χ1v) is 10.7. The van der Waals surface area contributed by atoms with Crippen LogP contribution in [0.2, 0.25) is 0 Å². The molecule has 9 heteroatoms. The maximum Gasteiger partial charge on any atom is 0.419 e. The number of morpholine rings is 1. The van der Waals surface area contributed by atoms with Crippen LogP contribution in [0.1, 0.15) is 44.0 Å². The summed E-state index contributed by atoms with van der Waals surface area (Å²) in [5.74, 6) is -0.0549. The Morgan fingerprint density at radius 1 is 1.19 bits per heavy atom. The van der Waals surface area contributed by atoms with Gasteiger partial charge in [-0.25, -0.2) is 4.98 Å². The Labute approximate surface area is 178 Å². The lowest BCUT2D eigenvalue weighted by atomic mass is 10.1. The first kappa shape index (κ1) is 20.5. The molecular formula is C22H26F3N5O. The van der Waals surface area contributed by atoms with Gasteiger partial charge in [-0.1, -0.05) is 5.57 Å². The van der Waals surface area contributed by atoms with Crippen molar-refractivity contribution in [2.75, 3.05) is 32.0 Å². The molecule has 0 aromatic carbocycles. The summed E-state index contributed by atoms with van der Waals surface area (Å²) in [7, 11) is 0. The summed E-state index contributed by atoms with van der Waals surface area (Å²) in [6.07, 6.45) is -1.03. The van der Waals surface area contributed by atoms with E-state index in [9.17, 15) is 13.2 Å². The molecule has 166 valence electrons. The first-order chi connectivity index (χ1) is 14.7. The summed E-state index contributed by atoms with van der Waals surface area (Å²) in [6, 6.07) is 3.60. The predicted octanol–water partition coefficient (Wildman–Crippen LogP) is 4.01. The Hall–Kier alpha value is -2.39. The number of allylic oxidation sites excluding steroid dienone is 1. The molecular weight excluding hydrogens is 407 g/mol. The van der Waals surface area contributed by atoms with Crippen molar-refractivity contribution < 1.29 is 17.9 Å². The average molecular weight is 433 g/mol. The van der Waals surface area contributed by atoms with Gasteiger partial charge in [0.1, 0.15) is 5.82 Å². The molecule has 2 aliphatic carbocycles. The third kappa shape index (κ3) is 3.63. The summed E-state index contributed by atoms with van der Waals surface area (Å²) in [4.78, 5) is 6.28. The van der Waals surface area contributed by atoms with E-state index in [0.717, 1.165) is 50.9 Å². The molecule has 1 saturated heterocycles. The lowest BCUT2D eigenvalue weighted by Crippen LogP contribution is -2.42. The minimum Gasteiger partial charge on any atom is -0.383 e. The monoisotopic (exact) mass is 433 g/mol. The van der Waals surface area contributed by atoms with Gasteiger partial charge in [-0.3, -0.25) is 9.58 Å². The van der Waals surface area contributed by atoms with Gasteiger partial charge < -0.3 is 10.5 Å². The maximum absolute atomic E-state index is 13.3. The quantitative estimate of drug-likeness (QED) is 0.789. The van der Waals surface area contributed by atoms with Gasteiger partial charge in [0.05, 0.1) is 30.2 Å². The number of fused-ring (bicyclic) bond motifs is 1. The highest BCUT2D eigenvalue weighted by molar-refractivity contribution is 5.87. The van der Waals surface area contributed by atoms with E-state index >= 15 is 0 Å². The zero-order chi connectivity index (χ0) is 21.9. The van der Waals surface area contributed by atoms with Gasteiger partial charge in [-0.2, -0.15) is 18.3 Å². The Kier molecular flexibility index (Phi) is 4.86. The van der Waals surface area contributed by atoms with Gasteiger partial charge in [0, 0.05) is 42.9 Å². The summed E-state index contributed by atoms with van der Waals surface area (Å²) in [6.45, 7) is 7.63. The highest BCUT2D eigenvalue weighted by Crippen LogP contribution is 2.58. The van der Waals surface area contributed by atoms with Crippen molar-refractivity contribution in [2.24, 2.45) is 5.92 Å². The van der Waals surface area contributed by atoms with Crippen LogP contribution in [0.5, 0.6) is 0 Å². The highest BCUT2D eigenvalue weighted by Gasteiger charge is 2.48. The molecule has 31 heavy (non-hydrogen) atoms. The summed E-state index contributed by atoms with van der Waals surface area (Å²) in [5, 5.41) is 4.64. The molecule has 0 bridgehead atoms. The molecule has 2 N–H and O–H groups in total. The van der Waals surface area contributed by atoms with Crippen molar-refractivity contribution in [1.29, 1.82) is 0 Å². The number of alkyl halides is 3. The van der Waals surface area contributed by atoms with E-state index in [1.54, 1.807) is 0 Å². The normalized spacial score (nSPS) is 24.2. The molecule has 2 aromatic heterocycles. The fourth-order valence-electron chi connectivity index (χ4n) is 4.98. The third-order valence-corrected chi connectivity index (χ3v) is 6.58. The molecule has 5 rings (SSSR count). The second-order valence-electron chi connectivity index (χ2n) is 8.84. The average Bonchev–Trinajstić information content (AvgIpc) is 3.09. The lowest BCUT2D eigenvalue weighted by Gasteiger charge is -2.32. The maximum atomic E-state index is 13.3. The number of rotatable bonds is 4. The number of aromatic nitrogens is 3. The van der Waals surface area contributed by atoms with E-state index in [1.807, 2.05) is 24.6 Å². The van der Waals surface area contributed by atoms with Crippen LogP contribution in [-0.2, 0) is 10.9 Å². The third-order valence-electron chi connectivity index (χ3n) is 6.58. The van der Waals surface area contributed by atoms with Crippen LogP contribution >= 0.6 is 0 Å². The first-order valence-electron chi connectivity index (χ1n) is 10.7. The Bertz CT molecular complexity index is 1040. The van der Waals surface area contributed by atoms with Crippen LogP contribution < -0.4 is 5.73 Å². The number of pyridine rings is 1. The molecule has 3 heterocycles. The van der Waals surface area contributed by atoms with E-state index in [4.69, 9.17) is 10.5 Å². The number of nitrogens with zero attached hydrogens (tertiary/aromatic N) is 4.